The van der Waals surface area contributed by atoms with Crippen LogP contribution >= 0.6 is 0 Å². The maximum atomic E-state index is 13.1. The number of nitrogens with zero attached hydrogens (tertiary/aromatic N) is 2. The molecule has 0 saturated carbocycles. The molecule has 1 fully saturated rings. The number of carbonyl (C=O) groups is 2. The van der Waals surface area contributed by atoms with Crippen molar-refractivity contribution in [3.05, 3.63) is 89.5 Å². The van der Waals surface area contributed by atoms with Crippen molar-refractivity contribution in [2.24, 2.45) is 0 Å². The summed E-state index contributed by atoms with van der Waals surface area (Å²) in [6.45, 7) is 1.29. The first-order chi connectivity index (χ1) is 17.2. The van der Waals surface area contributed by atoms with Crippen LogP contribution in [0.3, 0.4) is 0 Å². The molecule has 6 nitrogen and oxygen atoms in total. The number of nitrogens with one attached hydrogen (secondary N) is 1. The SMILES string of the molecule is COc1ccc(CC(=O)Nc2ccc(N3CCCN(Cc4ccc(C(F)(F)F)cc4)C3=O)cc2)cc1. The number of rotatable bonds is 7. The Kier molecular flexibility index (Phi) is 7.47. The summed E-state index contributed by atoms with van der Waals surface area (Å²) < 4.78 is 43.5. The van der Waals surface area contributed by atoms with Crippen molar-refractivity contribution in [1.82, 2.24) is 4.90 Å². The van der Waals surface area contributed by atoms with E-state index < -0.39 is 11.7 Å². The van der Waals surface area contributed by atoms with Gasteiger partial charge in [0.05, 0.1) is 19.1 Å². The zero-order valence-corrected chi connectivity index (χ0v) is 19.7. The number of hydrogen-bond donors (Lipinski definition) is 1. The molecule has 3 aromatic carbocycles. The summed E-state index contributed by atoms with van der Waals surface area (Å²) in [5, 5.41) is 2.85. The zero-order chi connectivity index (χ0) is 25.7. The molecular formula is C27H26F3N3O3. The van der Waals surface area contributed by atoms with Crippen LogP contribution in [0.4, 0.5) is 29.3 Å². The molecule has 1 aliphatic rings. The predicted molar refractivity (Wildman–Crippen MR) is 131 cm³/mol. The number of anilines is 2. The summed E-state index contributed by atoms with van der Waals surface area (Å²) in [6.07, 6.45) is -3.44. The van der Waals surface area contributed by atoms with E-state index in [2.05, 4.69) is 5.32 Å². The van der Waals surface area contributed by atoms with Crippen molar-refractivity contribution in [2.75, 3.05) is 30.4 Å². The number of halogens is 3. The van der Waals surface area contributed by atoms with Crippen LogP contribution in [0, 0.1) is 0 Å². The van der Waals surface area contributed by atoms with Crippen LogP contribution in [0.15, 0.2) is 72.8 Å². The molecule has 0 radical (unpaired) electrons. The molecule has 0 spiro atoms. The third-order valence-electron chi connectivity index (χ3n) is 5.95. The minimum absolute atomic E-state index is 0.162. The minimum atomic E-state index is -4.39. The first-order valence-electron chi connectivity index (χ1n) is 11.5. The van der Waals surface area contributed by atoms with Crippen molar-refractivity contribution in [3.63, 3.8) is 0 Å². The fraction of sp³-hybridized carbons (Fsp3) is 0.259. The lowest BCUT2D eigenvalue weighted by molar-refractivity contribution is -0.137. The van der Waals surface area contributed by atoms with E-state index in [9.17, 15) is 22.8 Å². The molecule has 9 heteroatoms. The van der Waals surface area contributed by atoms with Gasteiger partial charge in [-0.3, -0.25) is 9.69 Å². The Bertz CT molecular complexity index is 1190. The van der Waals surface area contributed by atoms with Gasteiger partial charge in [-0.15, -0.1) is 0 Å². The zero-order valence-electron chi connectivity index (χ0n) is 19.7. The second-order valence-corrected chi connectivity index (χ2v) is 8.52. The average molecular weight is 498 g/mol. The molecule has 1 saturated heterocycles. The summed E-state index contributed by atoms with van der Waals surface area (Å²) in [6, 6.07) is 18.9. The second kappa shape index (κ2) is 10.7. The second-order valence-electron chi connectivity index (χ2n) is 8.52. The van der Waals surface area contributed by atoms with Crippen molar-refractivity contribution < 1.29 is 27.5 Å². The number of urea groups is 1. The van der Waals surface area contributed by atoms with Crippen LogP contribution in [0.25, 0.3) is 0 Å². The Labute approximate surface area is 207 Å². The van der Waals surface area contributed by atoms with Gasteiger partial charge in [-0.2, -0.15) is 13.2 Å². The number of ether oxygens (including phenoxy) is 1. The lowest BCUT2D eigenvalue weighted by atomic mass is 10.1. The van der Waals surface area contributed by atoms with Gasteiger partial charge in [0.1, 0.15) is 5.75 Å². The molecule has 0 unspecified atom stereocenters. The molecule has 0 aromatic heterocycles. The largest absolute Gasteiger partial charge is 0.497 e. The molecule has 3 aromatic rings. The average Bonchev–Trinajstić information content (AvgIpc) is 2.86. The van der Waals surface area contributed by atoms with E-state index in [4.69, 9.17) is 4.74 Å². The number of benzene rings is 3. The molecule has 4 rings (SSSR count). The number of hydrogen-bond acceptors (Lipinski definition) is 3. The van der Waals surface area contributed by atoms with E-state index in [-0.39, 0.29) is 24.9 Å². The minimum Gasteiger partial charge on any atom is -0.497 e. The first kappa shape index (κ1) is 25.1. The molecule has 1 aliphatic heterocycles. The highest BCUT2D eigenvalue weighted by Crippen LogP contribution is 2.29. The van der Waals surface area contributed by atoms with Gasteiger partial charge in [0.2, 0.25) is 5.91 Å². The Morgan fingerprint density at radius 3 is 2.17 bits per heavy atom. The van der Waals surface area contributed by atoms with E-state index in [0.29, 0.717) is 30.0 Å². The van der Waals surface area contributed by atoms with Crippen LogP contribution in [-0.2, 0) is 23.9 Å². The monoisotopic (exact) mass is 497 g/mol. The third kappa shape index (κ3) is 6.16. The van der Waals surface area contributed by atoms with Gasteiger partial charge >= 0.3 is 12.2 Å². The van der Waals surface area contributed by atoms with Crippen molar-refractivity contribution >= 4 is 23.3 Å². The Balaban J connectivity index is 1.35. The number of methoxy groups -OCH3 is 1. The van der Waals surface area contributed by atoms with Crippen LogP contribution in [0.1, 0.15) is 23.1 Å². The third-order valence-corrected chi connectivity index (χ3v) is 5.95. The van der Waals surface area contributed by atoms with Crippen molar-refractivity contribution in [1.29, 1.82) is 0 Å². The molecular weight excluding hydrogens is 471 g/mol. The summed E-state index contributed by atoms with van der Waals surface area (Å²) >= 11 is 0. The normalized spacial score (nSPS) is 14.1. The van der Waals surface area contributed by atoms with Gasteiger partial charge in [-0.1, -0.05) is 24.3 Å². The molecule has 188 valence electrons. The lowest BCUT2D eigenvalue weighted by Crippen LogP contribution is -2.49. The van der Waals surface area contributed by atoms with Gasteiger partial charge in [0, 0.05) is 31.0 Å². The first-order valence-corrected chi connectivity index (χ1v) is 11.5. The molecule has 3 amide bonds. The van der Waals surface area contributed by atoms with E-state index in [1.165, 1.54) is 12.1 Å². The molecule has 0 bridgehead atoms. The molecule has 36 heavy (non-hydrogen) atoms. The molecule has 1 heterocycles. The van der Waals surface area contributed by atoms with E-state index in [1.54, 1.807) is 53.3 Å². The van der Waals surface area contributed by atoms with Gasteiger partial charge < -0.3 is 15.0 Å². The van der Waals surface area contributed by atoms with Gasteiger partial charge in [-0.05, 0) is 66.1 Å². The summed E-state index contributed by atoms with van der Waals surface area (Å²) in [5.74, 6) is 0.560. The Morgan fingerprint density at radius 2 is 1.56 bits per heavy atom. The van der Waals surface area contributed by atoms with Gasteiger partial charge in [-0.25, -0.2) is 4.79 Å². The van der Waals surface area contributed by atoms with Gasteiger partial charge in [0.25, 0.3) is 0 Å². The van der Waals surface area contributed by atoms with Crippen molar-refractivity contribution in [2.45, 2.75) is 25.6 Å². The van der Waals surface area contributed by atoms with Crippen LogP contribution in [-0.4, -0.2) is 37.0 Å². The summed E-state index contributed by atoms with van der Waals surface area (Å²) in [7, 11) is 1.58. The molecule has 0 aliphatic carbocycles. The molecule has 0 atom stereocenters. The van der Waals surface area contributed by atoms with E-state index in [0.717, 1.165) is 29.9 Å². The smallest absolute Gasteiger partial charge is 0.416 e. The van der Waals surface area contributed by atoms with Crippen molar-refractivity contribution in [3.8, 4) is 5.75 Å². The summed E-state index contributed by atoms with van der Waals surface area (Å²) in [5.41, 5.74) is 2.08. The lowest BCUT2D eigenvalue weighted by Gasteiger charge is -2.35. The summed E-state index contributed by atoms with van der Waals surface area (Å²) in [4.78, 5) is 28.7. The fourth-order valence-electron chi connectivity index (χ4n) is 4.05. The maximum Gasteiger partial charge on any atom is 0.416 e. The predicted octanol–water partition coefficient (Wildman–Crippen LogP) is 5.73. The van der Waals surface area contributed by atoms with Gasteiger partial charge in [0.15, 0.2) is 0 Å². The topological polar surface area (TPSA) is 61.9 Å². The standard InChI is InChI=1S/C27H26F3N3O3/c1-36-24-13-5-19(6-14-24)17-25(34)31-22-9-11-23(12-10-22)33-16-2-15-32(26(33)35)18-20-3-7-21(8-4-20)27(28,29)30/h3-14H,2,15-18H2,1H3,(H,31,34). The van der Waals surface area contributed by atoms with E-state index in [1.807, 2.05) is 12.1 Å². The van der Waals surface area contributed by atoms with Crippen LogP contribution in [0.5, 0.6) is 5.75 Å². The maximum absolute atomic E-state index is 13.1. The highest BCUT2D eigenvalue weighted by atomic mass is 19.4. The van der Waals surface area contributed by atoms with Crippen LogP contribution in [0.2, 0.25) is 0 Å². The highest BCUT2D eigenvalue weighted by Gasteiger charge is 2.30. The Morgan fingerprint density at radius 1 is 0.917 bits per heavy atom. The number of amides is 3. The Hall–Kier alpha value is -4.01. The molecule has 1 N–H and O–H groups in total. The number of alkyl halides is 3. The quantitative estimate of drug-likeness (QED) is 0.454. The van der Waals surface area contributed by atoms with E-state index >= 15 is 0 Å². The van der Waals surface area contributed by atoms with Crippen LogP contribution < -0.4 is 15.0 Å². The fourth-order valence-corrected chi connectivity index (χ4v) is 4.05. The highest BCUT2D eigenvalue weighted by molar-refractivity contribution is 5.94. The number of carbonyl (C=O) groups excluding carboxylic acids is 2.